The van der Waals surface area contributed by atoms with Crippen molar-refractivity contribution in [2.75, 3.05) is 38.0 Å². The highest BCUT2D eigenvalue weighted by atomic mass is 79.9. The van der Waals surface area contributed by atoms with Crippen LogP contribution >= 0.6 is 28.3 Å². The summed E-state index contributed by atoms with van der Waals surface area (Å²) < 4.78 is 1.04. The number of carbonyl (C=O) groups is 1. The summed E-state index contributed by atoms with van der Waals surface area (Å²) in [5.41, 5.74) is 1.98. The van der Waals surface area contributed by atoms with Crippen molar-refractivity contribution in [2.24, 2.45) is 11.8 Å². The Morgan fingerprint density at radius 3 is 2.95 bits per heavy atom. The maximum Gasteiger partial charge on any atom is 0.238 e. The number of likely N-dealkylation sites (tertiary alicyclic amines) is 1. The minimum absolute atomic E-state index is 0. The molecule has 122 valence electrons. The topological polar surface area (TPSA) is 44.4 Å². The first-order valence-electron chi connectivity index (χ1n) is 7.61. The largest absolute Gasteiger partial charge is 0.325 e. The van der Waals surface area contributed by atoms with Crippen molar-refractivity contribution in [1.82, 2.24) is 10.2 Å². The molecular weight excluding hydrogens is 366 g/mol. The minimum atomic E-state index is 0. The Kier molecular flexibility index (Phi) is 6.26. The molecule has 2 aliphatic rings. The summed E-state index contributed by atoms with van der Waals surface area (Å²) in [7, 11) is 0. The fraction of sp³-hybridized carbons (Fsp3) is 0.562. The van der Waals surface area contributed by atoms with Gasteiger partial charge in [-0.1, -0.05) is 15.9 Å². The molecule has 2 fully saturated rings. The lowest BCUT2D eigenvalue weighted by atomic mass is 9.89. The van der Waals surface area contributed by atoms with E-state index in [2.05, 4.69) is 31.5 Å². The summed E-state index contributed by atoms with van der Waals surface area (Å²) in [5.74, 6) is 1.63. The number of fused-ring (bicyclic) bond motifs is 1. The number of piperidine rings is 1. The van der Waals surface area contributed by atoms with Crippen molar-refractivity contribution >= 4 is 39.9 Å². The predicted octanol–water partition coefficient (Wildman–Crippen LogP) is 2.66. The van der Waals surface area contributed by atoms with Gasteiger partial charge in [-0.2, -0.15) is 0 Å². The monoisotopic (exact) mass is 387 g/mol. The van der Waals surface area contributed by atoms with Gasteiger partial charge in [0.15, 0.2) is 0 Å². The van der Waals surface area contributed by atoms with Crippen LogP contribution in [0.2, 0.25) is 0 Å². The number of hydrogen-bond donors (Lipinski definition) is 2. The Bertz CT molecular complexity index is 540. The van der Waals surface area contributed by atoms with Crippen LogP contribution in [0, 0.1) is 18.8 Å². The van der Waals surface area contributed by atoms with Crippen molar-refractivity contribution in [1.29, 1.82) is 0 Å². The zero-order valence-corrected chi connectivity index (χ0v) is 15.2. The molecule has 0 aromatic heterocycles. The van der Waals surface area contributed by atoms with Crippen LogP contribution < -0.4 is 10.6 Å². The van der Waals surface area contributed by atoms with Crippen molar-refractivity contribution < 1.29 is 4.79 Å². The van der Waals surface area contributed by atoms with E-state index in [1.54, 1.807) is 0 Å². The molecule has 1 aromatic rings. The molecule has 1 amide bonds. The molecule has 6 heteroatoms. The Hall–Kier alpha value is -0.620. The van der Waals surface area contributed by atoms with Crippen LogP contribution in [-0.4, -0.2) is 43.5 Å². The van der Waals surface area contributed by atoms with Crippen LogP contribution in [0.25, 0.3) is 0 Å². The lowest BCUT2D eigenvalue weighted by molar-refractivity contribution is -0.117. The normalized spacial score (nSPS) is 24.5. The van der Waals surface area contributed by atoms with Crippen LogP contribution in [0.5, 0.6) is 0 Å². The van der Waals surface area contributed by atoms with Gasteiger partial charge in [0.2, 0.25) is 5.91 Å². The summed E-state index contributed by atoms with van der Waals surface area (Å²) in [4.78, 5) is 14.5. The summed E-state index contributed by atoms with van der Waals surface area (Å²) in [5, 5.41) is 6.49. The fourth-order valence-corrected chi connectivity index (χ4v) is 3.89. The molecule has 4 nitrogen and oxygen atoms in total. The summed E-state index contributed by atoms with van der Waals surface area (Å²) in [6.07, 6.45) is 1.21. The van der Waals surface area contributed by atoms with Gasteiger partial charge in [0.25, 0.3) is 0 Å². The van der Waals surface area contributed by atoms with Crippen molar-refractivity contribution in [3.8, 4) is 0 Å². The standard InChI is InChI=1S/C16H22BrN3O.ClH/c1-11-6-14(17)2-3-15(11)19-16(21)10-20-5-4-12-7-18-8-13(12)9-20;/h2-3,6,12-13,18H,4-5,7-10H2,1H3,(H,19,21);1H. The van der Waals surface area contributed by atoms with Crippen LogP contribution in [0.4, 0.5) is 5.69 Å². The van der Waals surface area contributed by atoms with E-state index in [0.717, 1.165) is 53.7 Å². The summed E-state index contributed by atoms with van der Waals surface area (Å²) >= 11 is 3.44. The molecule has 3 rings (SSSR count). The molecule has 0 spiro atoms. The number of anilines is 1. The Morgan fingerprint density at radius 1 is 1.41 bits per heavy atom. The van der Waals surface area contributed by atoms with Crippen LogP contribution in [-0.2, 0) is 4.79 Å². The molecule has 2 aliphatic heterocycles. The molecule has 0 saturated carbocycles. The van der Waals surface area contributed by atoms with E-state index >= 15 is 0 Å². The second-order valence-electron chi connectivity index (χ2n) is 6.21. The highest BCUT2D eigenvalue weighted by Gasteiger charge is 2.33. The van der Waals surface area contributed by atoms with Gasteiger partial charge < -0.3 is 10.6 Å². The van der Waals surface area contributed by atoms with E-state index < -0.39 is 0 Å². The SMILES string of the molecule is Cc1cc(Br)ccc1NC(=O)CN1CCC2CNCC2C1.Cl. The molecule has 22 heavy (non-hydrogen) atoms. The number of nitrogens with one attached hydrogen (secondary N) is 2. The molecular formula is C16H23BrClN3O. The van der Waals surface area contributed by atoms with Gasteiger partial charge in [0.1, 0.15) is 0 Å². The fourth-order valence-electron chi connectivity index (χ4n) is 3.41. The molecule has 2 unspecified atom stereocenters. The third-order valence-corrected chi connectivity index (χ3v) is 5.11. The van der Waals surface area contributed by atoms with Gasteiger partial charge >= 0.3 is 0 Å². The van der Waals surface area contributed by atoms with Crippen molar-refractivity contribution in [2.45, 2.75) is 13.3 Å². The van der Waals surface area contributed by atoms with Gasteiger partial charge in [0.05, 0.1) is 6.54 Å². The van der Waals surface area contributed by atoms with Gasteiger partial charge in [-0.25, -0.2) is 0 Å². The minimum Gasteiger partial charge on any atom is -0.325 e. The molecule has 0 aliphatic carbocycles. The van der Waals surface area contributed by atoms with Crippen LogP contribution in [0.3, 0.4) is 0 Å². The highest BCUT2D eigenvalue weighted by molar-refractivity contribution is 9.10. The number of amides is 1. The van der Waals surface area contributed by atoms with Gasteiger partial charge in [-0.05, 0) is 68.6 Å². The number of benzene rings is 1. The molecule has 1 aromatic carbocycles. The Balaban J connectivity index is 0.00000176. The maximum absolute atomic E-state index is 12.2. The van der Waals surface area contributed by atoms with Crippen LogP contribution in [0.1, 0.15) is 12.0 Å². The third kappa shape index (κ3) is 4.22. The Morgan fingerprint density at radius 2 is 2.18 bits per heavy atom. The molecule has 2 atom stereocenters. The molecule has 0 bridgehead atoms. The third-order valence-electron chi connectivity index (χ3n) is 4.62. The first kappa shape index (κ1) is 17.7. The summed E-state index contributed by atoms with van der Waals surface area (Å²) in [6, 6.07) is 5.92. The Labute approximate surface area is 146 Å². The highest BCUT2D eigenvalue weighted by Crippen LogP contribution is 2.26. The van der Waals surface area contributed by atoms with E-state index in [-0.39, 0.29) is 18.3 Å². The number of halogens is 2. The second kappa shape index (κ2) is 7.77. The summed E-state index contributed by atoms with van der Waals surface area (Å²) in [6.45, 7) is 6.85. The van der Waals surface area contributed by atoms with E-state index in [1.807, 2.05) is 25.1 Å². The number of hydrogen-bond acceptors (Lipinski definition) is 3. The zero-order valence-electron chi connectivity index (χ0n) is 12.8. The van der Waals surface area contributed by atoms with Gasteiger partial charge in [0, 0.05) is 16.7 Å². The lowest BCUT2D eigenvalue weighted by Crippen LogP contribution is -2.43. The lowest BCUT2D eigenvalue weighted by Gasteiger charge is -2.33. The average Bonchev–Trinajstić information content (AvgIpc) is 2.89. The molecule has 2 N–H and O–H groups in total. The first-order chi connectivity index (χ1) is 10.1. The quantitative estimate of drug-likeness (QED) is 0.837. The van der Waals surface area contributed by atoms with Crippen molar-refractivity contribution in [3.63, 3.8) is 0 Å². The van der Waals surface area contributed by atoms with E-state index in [0.29, 0.717) is 6.54 Å². The predicted molar refractivity (Wildman–Crippen MR) is 95.7 cm³/mol. The van der Waals surface area contributed by atoms with E-state index in [4.69, 9.17) is 0 Å². The van der Waals surface area contributed by atoms with E-state index in [9.17, 15) is 4.79 Å². The molecule has 0 radical (unpaired) electrons. The van der Waals surface area contributed by atoms with Gasteiger partial charge in [-0.15, -0.1) is 12.4 Å². The van der Waals surface area contributed by atoms with E-state index in [1.165, 1.54) is 6.42 Å². The zero-order chi connectivity index (χ0) is 14.8. The number of rotatable bonds is 3. The molecule has 2 heterocycles. The number of aryl methyl sites for hydroxylation is 1. The smallest absolute Gasteiger partial charge is 0.238 e. The number of carbonyl (C=O) groups excluding carboxylic acids is 1. The maximum atomic E-state index is 12.2. The van der Waals surface area contributed by atoms with Crippen LogP contribution in [0.15, 0.2) is 22.7 Å². The van der Waals surface area contributed by atoms with Crippen molar-refractivity contribution in [3.05, 3.63) is 28.2 Å². The second-order valence-corrected chi connectivity index (χ2v) is 7.13. The molecule has 2 saturated heterocycles. The first-order valence-corrected chi connectivity index (χ1v) is 8.40. The van der Waals surface area contributed by atoms with Gasteiger partial charge in [-0.3, -0.25) is 9.69 Å². The number of nitrogens with zero attached hydrogens (tertiary/aromatic N) is 1. The average molecular weight is 389 g/mol.